The van der Waals surface area contributed by atoms with Crippen LogP contribution >= 0.6 is 0 Å². The van der Waals surface area contributed by atoms with Crippen molar-refractivity contribution in [1.82, 2.24) is 15.3 Å². The average Bonchev–Trinajstić information content (AvgIpc) is 2.64. The third-order valence-electron chi connectivity index (χ3n) is 4.55. The molecule has 0 spiro atoms. The van der Waals surface area contributed by atoms with Gasteiger partial charge in [-0.15, -0.1) is 0 Å². The highest BCUT2D eigenvalue weighted by Crippen LogP contribution is 2.32. The van der Waals surface area contributed by atoms with Crippen LogP contribution in [0.25, 0.3) is 0 Å². The predicted octanol–water partition coefficient (Wildman–Crippen LogP) is 3.50. The van der Waals surface area contributed by atoms with Crippen molar-refractivity contribution in [3.63, 3.8) is 0 Å². The van der Waals surface area contributed by atoms with Crippen molar-refractivity contribution < 1.29 is 4.79 Å². The van der Waals surface area contributed by atoms with Crippen molar-refractivity contribution in [3.05, 3.63) is 59.7 Å². The number of benzene rings is 1. The van der Waals surface area contributed by atoms with Crippen LogP contribution in [0.4, 0.5) is 0 Å². The van der Waals surface area contributed by atoms with E-state index in [0.29, 0.717) is 12.2 Å². The Morgan fingerprint density at radius 3 is 2.57 bits per heavy atom. The lowest BCUT2D eigenvalue weighted by atomic mass is 9.84. The van der Waals surface area contributed by atoms with Crippen LogP contribution < -0.4 is 5.32 Å². The second-order valence-corrected chi connectivity index (χ2v) is 6.17. The number of hydrogen-bond acceptors (Lipinski definition) is 3. The lowest BCUT2D eigenvalue weighted by Gasteiger charge is -2.22. The third kappa shape index (κ3) is 4.38. The van der Waals surface area contributed by atoms with E-state index in [9.17, 15) is 4.79 Å². The molecule has 120 valence electrons. The van der Waals surface area contributed by atoms with Gasteiger partial charge in [-0.1, -0.05) is 43.5 Å². The molecule has 0 aliphatic heterocycles. The van der Waals surface area contributed by atoms with E-state index in [1.165, 1.54) is 55.6 Å². The number of carbonyl (C=O) groups is 1. The van der Waals surface area contributed by atoms with Crippen molar-refractivity contribution in [3.8, 4) is 0 Å². The Hall–Kier alpha value is -2.23. The summed E-state index contributed by atoms with van der Waals surface area (Å²) in [5, 5.41) is 2.88. The molecule has 0 radical (unpaired) electrons. The van der Waals surface area contributed by atoms with Crippen LogP contribution in [0.5, 0.6) is 0 Å². The second-order valence-electron chi connectivity index (χ2n) is 6.17. The zero-order valence-corrected chi connectivity index (χ0v) is 13.4. The van der Waals surface area contributed by atoms with E-state index < -0.39 is 0 Å². The monoisotopic (exact) mass is 309 g/mol. The SMILES string of the molecule is O=C(NCCc1ccc(C2CCCCC2)cc1)c1cnccn1. The second kappa shape index (κ2) is 7.86. The Morgan fingerprint density at radius 2 is 1.87 bits per heavy atom. The molecule has 0 bridgehead atoms. The summed E-state index contributed by atoms with van der Waals surface area (Å²) in [6, 6.07) is 8.91. The molecular weight excluding hydrogens is 286 g/mol. The maximum Gasteiger partial charge on any atom is 0.271 e. The molecule has 1 N–H and O–H groups in total. The molecule has 0 atom stereocenters. The van der Waals surface area contributed by atoms with E-state index >= 15 is 0 Å². The van der Waals surface area contributed by atoms with E-state index in [-0.39, 0.29) is 5.91 Å². The molecule has 3 rings (SSSR count). The Labute approximate surface area is 137 Å². The average molecular weight is 309 g/mol. The lowest BCUT2D eigenvalue weighted by Crippen LogP contribution is -2.26. The zero-order chi connectivity index (χ0) is 15.9. The van der Waals surface area contributed by atoms with Crippen molar-refractivity contribution in [2.24, 2.45) is 0 Å². The van der Waals surface area contributed by atoms with E-state index in [0.717, 1.165) is 12.3 Å². The van der Waals surface area contributed by atoms with Gasteiger partial charge >= 0.3 is 0 Å². The highest BCUT2D eigenvalue weighted by molar-refractivity contribution is 5.91. The molecule has 1 heterocycles. The van der Waals surface area contributed by atoms with Gasteiger partial charge in [-0.3, -0.25) is 9.78 Å². The fraction of sp³-hybridized carbons (Fsp3) is 0.421. The van der Waals surface area contributed by atoms with Gasteiger partial charge in [0.25, 0.3) is 5.91 Å². The first kappa shape index (κ1) is 15.7. The lowest BCUT2D eigenvalue weighted by molar-refractivity contribution is 0.0948. The van der Waals surface area contributed by atoms with Crippen LogP contribution in [-0.4, -0.2) is 22.4 Å². The molecule has 23 heavy (non-hydrogen) atoms. The summed E-state index contributed by atoms with van der Waals surface area (Å²) in [6.07, 6.45) is 12.2. The number of amides is 1. The minimum atomic E-state index is -0.170. The molecule has 4 heteroatoms. The van der Waals surface area contributed by atoms with Gasteiger partial charge in [0.15, 0.2) is 0 Å². The third-order valence-corrected chi connectivity index (χ3v) is 4.55. The van der Waals surface area contributed by atoms with Gasteiger partial charge in [0.05, 0.1) is 6.20 Å². The molecular formula is C19H23N3O. The van der Waals surface area contributed by atoms with Crippen LogP contribution in [-0.2, 0) is 6.42 Å². The van der Waals surface area contributed by atoms with Gasteiger partial charge in [-0.05, 0) is 36.3 Å². The summed E-state index contributed by atoms with van der Waals surface area (Å²) in [6.45, 7) is 0.609. The number of aromatic nitrogens is 2. The summed E-state index contributed by atoms with van der Waals surface area (Å²) in [7, 11) is 0. The number of nitrogens with zero attached hydrogens (tertiary/aromatic N) is 2. The van der Waals surface area contributed by atoms with Gasteiger partial charge in [0.1, 0.15) is 5.69 Å². The number of nitrogens with one attached hydrogen (secondary N) is 1. The fourth-order valence-electron chi connectivity index (χ4n) is 3.22. The normalized spacial score (nSPS) is 15.3. The molecule has 0 unspecified atom stereocenters. The van der Waals surface area contributed by atoms with Crippen molar-refractivity contribution in [2.45, 2.75) is 44.4 Å². The van der Waals surface area contributed by atoms with Crippen LogP contribution in [0.3, 0.4) is 0 Å². The standard InChI is InChI=1S/C19H23N3O/c23-19(18-14-20-12-13-21-18)22-11-10-15-6-8-17(9-7-15)16-4-2-1-3-5-16/h6-9,12-14,16H,1-5,10-11H2,(H,22,23). The van der Waals surface area contributed by atoms with Gasteiger partial charge in [-0.25, -0.2) is 4.98 Å². The van der Waals surface area contributed by atoms with Gasteiger partial charge in [-0.2, -0.15) is 0 Å². The first-order valence-electron chi connectivity index (χ1n) is 8.46. The molecule has 4 nitrogen and oxygen atoms in total. The van der Waals surface area contributed by atoms with Gasteiger partial charge < -0.3 is 5.32 Å². The molecule has 2 aromatic rings. The molecule has 1 aliphatic rings. The van der Waals surface area contributed by atoms with Crippen molar-refractivity contribution in [1.29, 1.82) is 0 Å². The highest BCUT2D eigenvalue weighted by Gasteiger charge is 2.15. The van der Waals surface area contributed by atoms with Gasteiger partial charge in [0.2, 0.25) is 0 Å². The number of hydrogen-bond donors (Lipinski definition) is 1. The molecule has 1 aromatic heterocycles. The Morgan fingerprint density at radius 1 is 1.09 bits per heavy atom. The summed E-state index contributed by atoms with van der Waals surface area (Å²) >= 11 is 0. The summed E-state index contributed by atoms with van der Waals surface area (Å²) < 4.78 is 0. The maximum atomic E-state index is 11.9. The Kier molecular flexibility index (Phi) is 5.35. The zero-order valence-electron chi connectivity index (χ0n) is 13.4. The van der Waals surface area contributed by atoms with Gasteiger partial charge in [0, 0.05) is 18.9 Å². The maximum absolute atomic E-state index is 11.9. The quantitative estimate of drug-likeness (QED) is 0.919. The van der Waals surface area contributed by atoms with E-state index in [2.05, 4.69) is 39.6 Å². The van der Waals surface area contributed by atoms with E-state index in [1.54, 1.807) is 6.20 Å². The van der Waals surface area contributed by atoms with Crippen LogP contribution in [0, 0.1) is 0 Å². The largest absolute Gasteiger partial charge is 0.350 e. The molecule has 1 amide bonds. The van der Waals surface area contributed by atoms with Crippen LogP contribution in [0.15, 0.2) is 42.9 Å². The minimum Gasteiger partial charge on any atom is -0.350 e. The predicted molar refractivity (Wildman–Crippen MR) is 90.3 cm³/mol. The topological polar surface area (TPSA) is 54.9 Å². The molecule has 1 aliphatic carbocycles. The molecule has 1 fully saturated rings. The van der Waals surface area contributed by atoms with E-state index in [4.69, 9.17) is 0 Å². The van der Waals surface area contributed by atoms with Crippen molar-refractivity contribution in [2.75, 3.05) is 6.54 Å². The fourth-order valence-corrected chi connectivity index (χ4v) is 3.22. The first-order valence-corrected chi connectivity index (χ1v) is 8.46. The summed E-state index contributed by atoms with van der Waals surface area (Å²) in [5.41, 5.74) is 3.08. The van der Waals surface area contributed by atoms with E-state index in [1.807, 2.05) is 0 Å². The molecule has 0 saturated heterocycles. The molecule has 1 saturated carbocycles. The number of rotatable bonds is 5. The van der Waals surface area contributed by atoms with Crippen molar-refractivity contribution >= 4 is 5.91 Å². The molecule has 1 aromatic carbocycles. The van der Waals surface area contributed by atoms with Crippen LogP contribution in [0.2, 0.25) is 0 Å². The Bertz CT molecular complexity index is 619. The summed E-state index contributed by atoms with van der Waals surface area (Å²) in [4.78, 5) is 19.8. The highest BCUT2D eigenvalue weighted by atomic mass is 16.1. The minimum absolute atomic E-state index is 0.170. The smallest absolute Gasteiger partial charge is 0.271 e. The summed E-state index contributed by atoms with van der Waals surface area (Å²) in [5.74, 6) is 0.575. The Balaban J connectivity index is 1.48. The van der Waals surface area contributed by atoms with Crippen LogP contribution in [0.1, 0.15) is 59.6 Å². The number of carbonyl (C=O) groups excluding carboxylic acids is 1. The first-order chi connectivity index (χ1) is 11.3.